The quantitative estimate of drug-likeness (QED) is 0.425. The van der Waals surface area contributed by atoms with Gasteiger partial charge in [0.1, 0.15) is 11.4 Å². The summed E-state index contributed by atoms with van der Waals surface area (Å²) in [5.74, 6) is 0.871. The fourth-order valence-corrected chi connectivity index (χ4v) is 4.19. The minimum absolute atomic E-state index is 0.190. The Morgan fingerprint density at radius 2 is 2.06 bits per heavy atom. The van der Waals surface area contributed by atoms with Crippen molar-refractivity contribution in [1.82, 2.24) is 15.3 Å². The molecule has 2 aromatic carbocycles. The molecule has 0 aliphatic carbocycles. The lowest BCUT2D eigenvalue weighted by Crippen LogP contribution is -2.27. The molecule has 0 unspecified atom stereocenters. The summed E-state index contributed by atoms with van der Waals surface area (Å²) in [6.07, 6.45) is 1.37. The van der Waals surface area contributed by atoms with Crippen LogP contribution in [0.5, 0.6) is 5.75 Å². The molecule has 1 aliphatic rings. The van der Waals surface area contributed by atoms with E-state index in [2.05, 4.69) is 15.6 Å². The summed E-state index contributed by atoms with van der Waals surface area (Å²) in [4.78, 5) is 20.8. The average Bonchev–Trinajstić information content (AvgIpc) is 3.26. The number of anilines is 2. The van der Waals surface area contributed by atoms with Crippen LogP contribution in [0.25, 0.3) is 11.0 Å². The van der Waals surface area contributed by atoms with E-state index in [0.29, 0.717) is 52.6 Å². The van der Waals surface area contributed by atoms with Gasteiger partial charge >= 0.3 is 0 Å². The predicted molar refractivity (Wildman–Crippen MR) is 123 cm³/mol. The number of hydrogen-bond donors (Lipinski definition) is 3. The molecule has 7 nitrogen and oxygen atoms in total. The van der Waals surface area contributed by atoms with Crippen molar-refractivity contribution in [2.45, 2.75) is 32.3 Å². The third-order valence-electron chi connectivity index (χ3n) is 5.07. The fraction of sp³-hybridized carbons (Fsp3) is 0.364. The summed E-state index contributed by atoms with van der Waals surface area (Å²) in [7, 11) is 1.64. The van der Waals surface area contributed by atoms with Gasteiger partial charge in [0.25, 0.3) is 5.91 Å². The van der Waals surface area contributed by atoms with E-state index < -0.39 is 5.60 Å². The average molecular weight is 463 g/mol. The third kappa shape index (κ3) is 4.44. The highest BCUT2D eigenvalue weighted by molar-refractivity contribution is 6.39. The maximum atomic E-state index is 12.9. The number of imidazole rings is 1. The van der Waals surface area contributed by atoms with E-state index in [4.69, 9.17) is 37.7 Å². The molecule has 164 valence electrons. The zero-order chi connectivity index (χ0) is 22.2. The van der Waals surface area contributed by atoms with Crippen molar-refractivity contribution < 1.29 is 14.3 Å². The van der Waals surface area contributed by atoms with Gasteiger partial charge in [-0.05, 0) is 38.5 Å². The number of ether oxygens (including phenoxy) is 2. The van der Waals surface area contributed by atoms with Gasteiger partial charge in [0, 0.05) is 32.2 Å². The first-order valence-electron chi connectivity index (χ1n) is 10.0. The Morgan fingerprint density at radius 1 is 1.32 bits per heavy atom. The third-order valence-corrected chi connectivity index (χ3v) is 5.70. The standard InChI is InChI=1S/C22H24Cl2N4O3/c1-22(2)11-13-17-16(10-12(19(13)31-22)20(29)25-8-5-9-30-3)26-21(27-17)28-18-14(23)6-4-7-15(18)24/h4,6-7,10H,5,8-9,11H2,1-3H3,(H,25,29)(H2,26,27,28). The van der Waals surface area contributed by atoms with Crippen molar-refractivity contribution >= 4 is 51.8 Å². The number of hydrogen-bond acceptors (Lipinski definition) is 5. The molecule has 4 rings (SSSR count). The number of methoxy groups -OCH3 is 1. The number of aromatic amines is 1. The van der Waals surface area contributed by atoms with Crippen LogP contribution < -0.4 is 15.4 Å². The summed E-state index contributed by atoms with van der Waals surface area (Å²) in [5, 5.41) is 7.06. The molecule has 0 radical (unpaired) electrons. The minimum atomic E-state index is -0.430. The van der Waals surface area contributed by atoms with Crippen LogP contribution in [0.2, 0.25) is 10.0 Å². The first kappa shape index (κ1) is 21.7. The van der Waals surface area contributed by atoms with E-state index in [-0.39, 0.29) is 5.91 Å². The first-order chi connectivity index (χ1) is 14.8. The topological polar surface area (TPSA) is 88.3 Å². The van der Waals surface area contributed by atoms with Crippen LogP contribution in [0.3, 0.4) is 0 Å². The molecule has 0 saturated heterocycles. The van der Waals surface area contributed by atoms with E-state index in [0.717, 1.165) is 23.0 Å². The molecule has 1 amide bonds. The maximum Gasteiger partial charge on any atom is 0.255 e. The molecule has 1 aromatic heterocycles. The van der Waals surface area contributed by atoms with Crippen LogP contribution in [-0.2, 0) is 11.2 Å². The molecule has 0 atom stereocenters. The molecule has 31 heavy (non-hydrogen) atoms. The lowest BCUT2D eigenvalue weighted by molar-refractivity contribution is 0.0935. The number of carbonyl (C=O) groups is 1. The molecular formula is C22H24Cl2N4O3. The number of carbonyl (C=O) groups excluding carboxylic acids is 1. The van der Waals surface area contributed by atoms with Crippen molar-refractivity contribution in [3.8, 4) is 5.75 Å². The Balaban J connectivity index is 1.71. The largest absolute Gasteiger partial charge is 0.486 e. The smallest absolute Gasteiger partial charge is 0.255 e. The molecule has 2 heterocycles. The lowest BCUT2D eigenvalue weighted by Gasteiger charge is -2.18. The van der Waals surface area contributed by atoms with Crippen molar-refractivity contribution in [2.75, 3.05) is 25.6 Å². The highest BCUT2D eigenvalue weighted by Gasteiger charge is 2.36. The predicted octanol–water partition coefficient (Wildman–Crippen LogP) is 5.09. The molecule has 0 bridgehead atoms. The van der Waals surface area contributed by atoms with Crippen LogP contribution in [0, 0.1) is 0 Å². The van der Waals surface area contributed by atoms with Gasteiger partial charge in [-0.25, -0.2) is 4.98 Å². The fourth-order valence-electron chi connectivity index (χ4n) is 3.70. The van der Waals surface area contributed by atoms with Crippen molar-refractivity contribution in [3.63, 3.8) is 0 Å². The van der Waals surface area contributed by atoms with E-state index in [1.54, 1.807) is 31.4 Å². The van der Waals surface area contributed by atoms with Gasteiger partial charge in [0.05, 0.1) is 32.3 Å². The number of benzene rings is 2. The van der Waals surface area contributed by atoms with Gasteiger partial charge in [-0.3, -0.25) is 4.79 Å². The summed E-state index contributed by atoms with van der Waals surface area (Å²) in [6, 6.07) is 7.04. The van der Waals surface area contributed by atoms with Gasteiger partial charge in [-0.1, -0.05) is 29.3 Å². The Kier molecular flexibility index (Phi) is 6.01. The number of amides is 1. The van der Waals surface area contributed by atoms with Crippen LogP contribution >= 0.6 is 23.2 Å². The maximum absolute atomic E-state index is 12.9. The van der Waals surface area contributed by atoms with E-state index >= 15 is 0 Å². The lowest BCUT2D eigenvalue weighted by atomic mass is 9.99. The Morgan fingerprint density at radius 3 is 2.77 bits per heavy atom. The Hall–Kier alpha value is -2.48. The number of halogens is 2. The van der Waals surface area contributed by atoms with Gasteiger partial charge in [0.2, 0.25) is 5.95 Å². The second-order valence-electron chi connectivity index (χ2n) is 8.08. The number of rotatable bonds is 7. The molecule has 0 fully saturated rings. The van der Waals surface area contributed by atoms with E-state index in [9.17, 15) is 4.79 Å². The Bertz CT molecular complexity index is 1120. The van der Waals surface area contributed by atoms with Crippen molar-refractivity contribution in [3.05, 3.63) is 45.4 Å². The number of nitrogens with zero attached hydrogens (tertiary/aromatic N) is 1. The van der Waals surface area contributed by atoms with Gasteiger partial charge in [0.15, 0.2) is 0 Å². The SMILES string of the molecule is COCCCNC(=O)c1cc2[nH]c(Nc3c(Cl)cccc3Cl)nc2c2c1OC(C)(C)C2. The number of fused-ring (bicyclic) bond motifs is 3. The van der Waals surface area contributed by atoms with Gasteiger partial charge in [-0.2, -0.15) is 0 Å². The zero-order valence-corrected chi connectivity index (χ0v) is 19.1. The second-order valence-corrected chi connectivity index (χ2v) is 8.89. The van der Waals surface area contributed by atoms with Crippen molar-refractivity contribution in [1.29, 1.82) is 0 Å². The summed E-state index contributed by atoms with van der Waals surface area (Å²) >= 11 is 12.6. The van der Waals surface area contributed by atoms with E-state index in [1.165, 1.54) is 0 Å². The summed E-state index contributed by atoms with van der Waals surface area (Å²) in [5.41, 5.74) is 3.00. The normalized spacial score (nSPS) is 14.4. The highest BCUT2D eigenvalue weighted by atomic mass is 35.5. The first-order valence-corrected chi connectivity index (χ1v) is 10.8. The van der Waals surface area contributed by atoms with Crippen LogP contribution in [-0.4, -0.2) is 41.7 Å². The van der Waals surface area contributed by atoms with Crippen LogP contribution in [0.1, 0.15) is 36.2 Å². The molecule has 9 heteroatoms. The van der Waals surface area contributed by atoms with Crippen LogP contribution in [0.4, 0.5) is 11.6 Å². The van der Waals surface area contributed by atoms with Gasteiger partial charge < -0.3 is 25.1 Å². The highest BCUT2D eigenvalue weighted by Crippen LogP contribution is 2.42. The van der Waals surface area contributed by atoms with Crippen LogP contribution in [0.15, 0.2) is 24.3 Å². The molecule has 3 N–H and O–H groups in total. The number of H-pyrrole nitrogens is 1. The molecule has 0 spiro atoms. The molecule has 1 aliphatic heterocycles. The van der Waals surface area contributed by atoms with E-state index in [1.807, 2.05) is 13.8 Å². The van der Waals surface area contributed by atoms with Crippen molar-refractivity contribution in [2.24, 2.45) is 0 Å². The summed E-state index contributed by atoms with van der Waals surface area (Å²) < 4.78 is 11.2. The number of aromatic nitrogens is 2. The molecule has 0 saturated carbocycles. The number of para-hydroxylation sites is 1. The zero-order valence-electron chi connectivity index (χ0n) is 17.6. The molecule has 3 aromatic rings. The minimum Gasteiger partial charge on any atom is -0.486 e. The monoisotopic (exact) mass is 462 g/mol. The molecular weight excluding hydrogens is 439 g/mol. The number of nitrogens with one attached hydrogen (secondary N) is 3. The van der Waals surface area contributed by atoms with Gasteiger partial charge in [-0.15, -0.1) is 0 Å². The second kappa shape index (κ2) is 8.57. The Labute approximate surface area is 190 Å². The summed E-state index contributed by atoms with van der Waals surface area (Å²) in [6.45, 7) is 5.09.